The number of nitrogens with one attached hydrogen (secondary N) is 2. The van der Waals surface area contributed by atoms with Crippen molar-refractivity contribution in [3.8, 4) is 0 Å². The Morgan fingerprint density at radius 3 is 2.68 bits per heavy atom. The lowest BCUT2D eigenvalue weighted by Crippen LogP contribution is -2.29. The van der Waals surface area contributed by atoms with Crippen LogP contribution in [0.2, 0.25) is 0 Å². The van der Waals surface area contributed by atoms with Crippen molar-refractivity contribution in [2.24, 2.45) is 0 Å². The number of hydrogen-bond acceptors (Lipinski definition) is 6. The zero-order valence-corrected chi connectivity index (χ0v) is 17.4. The summed E-state index contributed by atoms with van der Waals surface area (Å²) >= 11 is 6.95. The molecule has 8 nitrogen and oxygen atoms in total. The van der Waals surface area contributed by atoms with Gasteiger partial charge in [0.1, 0.15) is 5.82 Å². The molecule has 0 spiro atoms. The minimum Gasteiger partial charge on any atom is -0.362 e. The van der Waals surface area contributed by atoms with E-state index >= 15 is 0 Å². The second kappa shape index (κ2) is 9.83. The molecule has 1 aromatic heterocycles. The van der Waals surface area contributed by atoms with Gasteiger partial charge in [-0.2, -0.15) is 0 Å². The first-order valence-electron chi connectivity index (χ1n) is 9.35. The fourth-order valence-electron chi connectivity index (χ4n) is 3.44. The van der Waals surface area contributed by atoms with Crippen LogP contribution < -0.4 is 10.6 Å². The van der Waals surface area contributed by atoms with Gasteiger partial charge < -0.3 is 15.2 Å². The quantitative estimate of drug-likeness (QED) is 0.218. The monoisotopic (exact) mass is 420 g/mol. The number of aryl methyl sites for hydroxylation is 1. The van der Waals surface area contributed by atoms with Gasteiger partial charge in [-0.1, -0.05) is 24.6 Å². The van der Waals surface area contributed by atoms with Gasteiger partial charge in [-0.15, -0.1) is 10.2 Å². The van der Waals surface area contributed by atoms with Crippen molar-refractivity contribution in [2.75, 3.05) is 18.1 Å². The maximum Gasteiger partial charge on any atom is 0.269 e. The molecule has 0 radical (unpaired) electrons. The normalized spacial score (nSPS) is 14.2. The first kappa shape index (κ1) is 20.5. The average Bonchev–Trinajstić information content (AvgIpc) is 3.34. The van der Waals surface area contributed by atoms with Crippen LogP contribution >= 0.6 is 24.0 Å². The Morgan fingerprint density at radius 2 is 2.04 bits per heavy atom. The second-order valence-electron chi connectivity index (χ2n) is 6.70. The lowest BCUT2D eigenvalue weighted by Gasteiger charge is -2.16. The van der Waals surface area contributed by atoms with E-state index in [1.165, 1.54) is 37.8 Å². The van der Waals surface area contributed by atoms with Crippen LogP contribution in [0, 0.1) is 10.1 Å². The molecule has 0 atom stereocenters. The maximum absolute atomic E-state index is 10.7. The van der Waals surface area contributed by atoms with Gasteiger partial charge in [-0.3, -0.25) is 10.1 Å². The summed E-state index contributed by atoms with van der Waals surface area (Å²) in [5, 5.41) is 27.1. The highest BCUT2D eigenvalue weighted by Crippen LogP contribution is 2.33. The van der Waals surface area contributed by atoms with Gasteiger partial charge in [0, 0.05) is 36.8 Å². The number of aromatic nitrogens is 3. The molecule has 2 aromatic rings. The molecule has 0 aliphatic heterocycles. The van der Waals surface area contributed by atoms with E-state index in [-0.39, 0.29) is 5.69 Å². The standard InChI is InChI=1S/C18H24N6O2S2/c1-28-18-22-21-16(23(18)14-5-2-3-6-14)7-4-12-19-17(27)20-13-8-10-15(11-9-13)24(25)26/h8-11,14H,2-7,12H2,1H3,(H2,19,20,27). The van der Waals surface area contributed by atoms with Gasteiger partial charge in [0.2, 0.25) is 0 Å². The molecule has 1 aromatic carbocycles. The van der Waals surface area contributed by atoms with Crippen molar-refractivity contribution in [3.05, 3.63) is 40.2 Å². The van der Waals surface area contributed by atoms with Crippen LogP contribution in [0.15, 0.2) is 29.4 Å². The van der Waals surface area contributed by atoms with Crippen LogP contribution in [0.25, 0.3) is 0 Å². The van der Waals surface area contributed by atoms with E-state index in [1.54, 1.807) is 23.9 Å². The molecule has 1 heterocycles. The molecular formula is C18H24N6O2S2. The number of non-ortho nitro benzene ring substituents is 1. The Balaban J connectivity index is 1.46. The van der Waals surface area contributed by atoms with Gasteiger partial charge >= 0.3 is 0 Å². The molecule has 10 heteroatoms. The van der Waals surface area contributed by atoms with Crippen LogP contribution in [0.3, 0.4) is 0 Å². The zero-order valence-electron chi connectivity index (χ0n) is 15.8. The molecule has 0 bridgehead atoms. The summed E-state index contributed by atoms with van der Waals surface area (Å²) in [5.74, 6) is 1.05. The van der Waals surface area contributed by atoms with Crippen molar-refractivity contribution in [1.82, 2.24) is 20.1 Å². The summed E-state index contributed by atoms with van der Waals surface area (Å²) in [5.41, 5.74) is 0.772. The van der Waals surface area contributed by atoms with E-state index in [1.807, 2.05) is 6.26 Å². The highest BCUT2D eigenvalue weighted by atomic mass is 32.2. The van der Waals surface area contributed by atoms with Gasteiger partial charge in [-0.05, 0) is 49.9 Å². The lowest BCUT2D eigenvalue weighted by molar-refractivity contribution is -0.384. The number of nitro groups is 1. The Kier molecular flexibility index (Phi) is 7.21. The van der Waals surface area contributed by atoms with Gasteiger partial charge in [-0.25, -0.2) is 0 Å². The number of hydrogen-bond donors (Lipinski definition) is 2. The van der Waals surface area contributed by atoms with E-state index in [0.717, 1.165) is 23.8 Å². The number of rotatable bonds is 8. The van der Waals surface area contributed by atoms with Crippen LogP contribution in [-0.4, -0.2) is 37.6 Å². The van der Waals surface area contributed by atoms with E-state index in [0.29, 0.717) is 23.4 Å². The topological polar surface area (TPSA) is 97.9 Å². The van der Waals surface area contributed by atoms with Crippen LogP contribution in [0.4, 0.5) is 11.4 Å². The SMILES string of the molecule is CSc1nnc(CCCNC(=S)Nc2ccc([N+](=O)[O-])cc2)n1C1CCCC1. The Morgan fingerprint density at radius 1 is 1.32 bits per heavy atom. The smallest absolute Gasteiger partial charge is 0.269 e. The van der Waals surface area contributed by atoms with Crippen molar-refractivity contribution >= 4 is 40.5 Å². The average molecular weight is 421 g/mol. The number of nitro benzene ring substituents is 1. The minimum absolute atomic E-state index is 0.0559. The highest BCUT2D eigenvalue weighted by Gasteiger charge is 2.23. The van der Waals surface area contributed by atoms with Crippen molar-refractivity contribution < 1.29 is 4.92 Å². The molecule has 28 heavy (non-hydrogen) atoms. The molecule has 2 N–H and O–H groups in total. The first-order chi connectivity index (χ1) is 13.6. The Bertz CT molecular complexity index is 818. The summed E-state index contributed by atoms with van der Waals surface area (Å²) in [4.78, 5) is 10.3. The van der Waals surface area contributed by atoms with Crippen molar-refractivity contribution in [3.63, 3.8) is 0 Å². The summed E-state index contributed by atoms with van der Waals surface area (Å²) in [6.07, 6.45) is 8.75. The maximum atomic E-state index is 10.7. The third-order valence-corrected chi connectivity index (χ3v) is 5.70. The largest absolute Gasteiger partial charge is 0.362 e. The molecule has 1 aliphatic carbocycles. The number of thioether (sulfide) groups is 1. The molecule has 3 rings (SSSR count). The lowest BCUT2D eigenvalue weighted by atomic mass is 10.2. The Hall–Kier alpha value is -2.20. The van der Waals surface area contributed by atoms with Crippen molar-refractivity contribution in [2.45, 2.75) is 49.7 Å². The predicted molar refractivity (Wildman–Crippen MR) is 115 cm³/mol. The van der Waals surface area contributed by atoms with Crippen LogP contribution in [0.1, 0.15) is 44.0 Å². The number of benzene rings is 1. The van der Waals surface area contributed by atoms with Crippen molar-refractivity contribution in [1.29, 1.82) is 0 Å². The van der Waals surface area contributed by atoms with Gasteiger partial charge in [0.25, 0.3) is 5.69 Å². The molecular weight excluding hydrogens is 396 g/mol. The van der Waals surface area contributed by atoms with Crippen LogP contribution in [-0.2, 0) is 6.42 Å². The predicted octanol–water partition coefficient (Wildman–Crippen LogP) is 3.94. The van der Waals surface area contributed by atoms with Gasteiger partial charge in [0.05, 0.1) is 4.92 Å². The molecule has 0 unspecified atom stereocenters. The second-order valence-corrected chi connectivity index (χ2v) is 7.88. The third kappa shape index (κ3) is 5.20. The summed E-state index contributed by atoms with van der Waals surface area (Å²) in [6, 6.07) is 6.71. The molecule has 1 saturated carbocycles. The fourth-order valence-corrected chi connectivity index (χ4v) is 4.23. The van der Waals surface area contributed by atoms with E-state index < -0.39 is 4.92 Å². The highest BCUT2D eigenvalue weighted by molar-refractivity contribution is 7.98. The number of thiocarbonyl (C=S) groups is 1. The summed E-state index contributed by atoms with van der Waals surface area (Å²) in [7, 11) is 0. The summed E-state index contributed by atoms with van der Waals surface area (Å²) < 4.78 is 2.32. The van der Waals surface area contributed by atoms with Crippen LogP contribution in [0.5, 0.6) is 0 Å². The molecule has 1 fully saturated rings. The van der Waals surface area contributed by atoms with Gasteiger partial charge in [0.15, 0.2) is 10.3 Å². The van der Waals surface area contributed by atoms with E-state index in [4.69, 9.17) is 12.2 Å². The number of nitrogens with zero attached hydrogens (tertiary/aromatic N) is 4. The molecule has 1 aliphatic rings. The third-order valence-electron chi connectivity index (χ3n) is 4.81. The minimum atomic E-state index is -0.423. The first-order valence-corrected chi connectivity index (χ1v) is 11.0. The summed E-state index contributed by atoms with van der Waals surface area (Å²) in [6.45, 7) is 0.713. The number of anilines is 1. The van der Waals surface area contributed by atoms with E-state index in [9.17, 15) is 10.1 Å². The molecule has 150 valence electrons. The molecule has 0 saturated heterocycles. The molecule has 0 amide bonds. The fraction of sp³-hybridized carbons (Fsp3) is 0.500. The zero-order chi connectivity index (χ0) is 19.9. The Labute approximate surface area is 173 Å². The van der Waals surface area contributed by atoms with E-state index in [2.05, 4.69) is 25.4 Å².